The number of pyridine rings is 1. The first kappa shape index (κ1) is 16.5. The zero-order chi connectivity index (χ0) is 17.0. The average molecular weight is 309 g/mol. The molecule has 0 spiro atoms. The van der Waals surface area contributed by atoms with Crippen LogP contribution < -0.4 is 11.5 Å². The van der Waals surface area contributed by atoms with Gasteiger partial charge in [-0.1, -0.05) is 12.1 Å². The van der Waals surface area contributed by atoms with Gasteiger partial charge in [-0.15, -0.1) is 0 Å². The number of nitrogens with two attached hydrogens (primary N) is 2. The van der Waals surface area contributed by atoms with E-state index in [2.05, 4.69) is 16.8 Å². The third kappa shape index (κ3) is 3.34. The van der Waals surface area contributed by atoms with Gasteiger partial charge in [0.1, 0.15) is 0 Å². The van der Waals surface area contributed by atoms with Crippen molar-refractivity contribution < 1.29 is 0 Å². The molecule has 1 atom stereocenters. The van der Waals surface area contributed by atoms with Gasteiger partial charge in [0.2, 0.25) is 0 Å². The molecule has 1 aliphatic rings. The Morgan fingerprint density at radius 3 is 2.70 bits per heavy atom. The molecule has 5 heteroatoms. The highest BCUT2D eigenvalue weighted by Crippen LogP contribution is 2.29. The first-order chi connectivity index (χ1) is 11.0. The number of allylic oxidation sites excluding steroid dienone is 2. The molecular formula is C18H23N5. The summed E-state index contributed by atoms with van der Waals surface area (Å²) in [6.07, 6.45) is 8.53. The Kier molecular flexibility index (Phi) is 5.01. The standard InChI is InChI=1S/C18H23N5/c1-4-18(17-7-5-6-12(2)22-17)23-11-15(14(9-19)10-20)16(21)8-13(23)3/h4-11,13,19H,20-21H2,1-3H3/b14-10+,18-4-,19-9?. The van der Waals surface area contributed by atoms with Crippen molar-refractivity contribution >= 4 is 11.9 Å². The van der Waals surface area contributed by atoms with Crippen LogP contribution in [0.5, 0.6) is 0 Å². The summed E-state index contributed by atoms with van der Waals surface area (Å²) in [5, 5.41) is 7.50. The molecule has 1 aromatic rings. The summed E-state index contributed by atoms with van der Waals surface area (Å²) < 4.78 is 0. The van der Waals surface area contributed by atoms with Gasteiger partial charge in [-0.3, -0.25) is 4.98 Å². The van der Waals surface area contributed by atoms with Crippen LogP contribution in [0.2, 0.25) is 0 Å². The molecule has 120 valence electrons. The van der Waals surface area contributed by atoms with Crippen LogP contribution in [0.15, 0.2) is 59.6 Å². The van der Waals surface area contributed by atoms with E-state index in [1.165, 1.54) is 12.4 Å². The number of nitrogens with zero attached hydrogens (tertiary/aromatic N) is 2. The molecule has 5 nitrogen and oxygen atoms in total. The SMILES string of the molecule is C/C=C(/c1cccc(C)n1)N1C=C(/C(C=N)=C/N)C(N)=CC1C. The summed E-state index contributed by atoms with van der Waals surface area (Å²) in [6.45, 7) is 6.02. The third-order valence-corrected chi connectivity index (χ3v) is 3.79. The van der Waals surface area contributed by atoms with Crippen LogP contribution in [0, 0.1) is 12.3 Å². The lowest BCUT2D eigenvalue weighted by molar-refractivity contribution is 0.460. The molecule has 0 bridgehead atoms. The molecule has 0 saturated heterocycles. The van der Waals surface area contributed by atoms with Gasteiger partial charge in [0.25, 0.3) is 0 Å². The van der Waals surface area contributed by atoms with Gasteiger partial charge in [0.15, 0.2) is 0 Å². The van der Waals surface area contributed by atoms with Crippen molar-refractivity contribution in [2.24, 2.45) is 11.5 Å². The van der Waals surface area contributed by atoms with E-state index in [1.54, 1.807) is 0 Å². The van der Waals surface area contributed by atoms with Gasteiger partial charge < -0.3 is 21.8 Å². The van der Waals surface area contributed by atoms with Crippen LogP contribution in [0.4, 0.5) is 0 Å². The summed E-state index contributed by atoms with van der Waals surface area (Å²) in [7, 11) is 0. The fraction of sp³-hybridized carbons (Fsp3) is 0.222. The van der Waals surface area contributed by atoms with Crippen LogP contribution in [-0.4, -0.2) is 22.1 Å². The number of aromatic nitrogens is 1. The number of nitrogens with one attached hydrogen (secondary N) is 1. The molecule has 0 saturated carbocycles. The Balaban J connectivity index is 2.50. The lowest BCUT2D eigenvalue weighted by atomic mass is 9.99. The second-order valence-corrected chi connectivity index (χ2v) is 5.42. The maximum Gasteiger partial charge on any atom is 0.0866 e. The average Bonchev–Trinajstić information content (AvgIpc) is 2.53. The lowest BCUT2D eigenvalue weighted by Gasteiger charge is -2.33. The maximum atomic E-state index is 7.50. The van der Waals surface area contributed by atoms with Crippen LogP contribution >= 0.6 is 0 Å². The highest BCUT2D eigenvalue weighted by molar-refractivity contribution is 5.85. The van der Waals surface area contributed by atoms with Gasteiger partial charge in [-0.05, 0) is 39.0 Å². The number of hydrogen-bond acceptors (Lipinski definition) is 5. The predicted molar refractivity (Wildman–Crippen MR) is 95.3 cm³/mol. The summed E-state index contributed by atoms with van der Waals surface area (Å²) in [5.41, 5.74) is 16.5. The van der Waals surface area contributed by atoms with E-state index in [1.807, 2.05) is 50.4 Å². The van der Waals surface area contributed by atoms with E-state index < -0.39 is 0 Å². The number of aryl methyl sites for hydroxylation is 1. The second kappa shape index (κ2) is 6.96. The van der Waals surface area contributed by atoms with Crippen LogP contribution in [0.25, 0.3) is 5.70 Å². The van der Waals surface area contributed by atoms with Crippen molar-refractivity contribution in [1.82, 2.24) is 9.88 Å². The smallest absolute Gasteiger partial charge is 0.0866 e. The fourth-order valence-corrected chi connectivity index (χ4v) is 2.62. The minimum atomic E-state index is 0.0806. The molecule has 2 heterocycles. The summed E-state index contributed by atoms with van der Waals surface area (Å²) in [5.74, 6) is 0. The molecule has 0 aromatic carbocycles. The van der Waals surface area contributed by atoms with Gasteiger partial charge in [0.05, 0.1) is 17.4 Å². The molecule has 0 fully saturated rings. The largest absolute Gasteiger partial charge is 0.404 e. The molecule has 1 aliphatic heterocycles. The quantitative estimate of drug-likeness (QED) is 0.746. The van der Waals surface area contributed by atoms with E-state index in [4.69, 9.17) is 16.9 Å². The Morgan fingerprint density at radius 1 is 1.39 bits per heavy atom. The normalized spacial score (nSPS) is 19.3. The van der Waals surface area contributed by atoms with Crippen LogP contribution in [0.3, 0.4) is 0 Å². The summed E-state index contributed by atoms with van der Waals surface area (Å²) >= 11 is 0. The molecule has 1 unspecified atom stereocenters. The minimum Gasteiger partial charge on any atom is -0.404 e. The van der Waals surface area contributed by atoms with Gasteiger partial charge in [-0.25, -0.2) is 0 Å². The fourth-order valence-electron chi connectivity index (χ4n) is 2.62. The molecular weight excluding hydrogens is 286 g/mol. The van der Waals surface area contributed by atoms with Crippen LogP contribution in [-0.2, 0) is 0 Å². The molecule has 2 rings (SSSR count). The van der Waals surface area contributed by atoms with E-state index in [0.29, 0.717) is 11.3 Å². The molecule has 5 N–H and O–H groups in total. The zero-order valence-electron chi connectivity index (χ0n) is 13.7. The monoisotopic (exact) mass is 309 g/mol. The predicted octanol–water partition coefficient (Wildman–Crippen LogP) is 2.67. The highest BCUT2D eigenvalue weighted by atomic mass is 15.2. The van der Waals surface area contributed by atoms with E-state index in [0.717, 1.165) is 22.7 Å². The second-order valence-electron chi connectivity index (χ2n) is 5.42. The van der Waals surface area contributed by atoms with E-state index in [-0.39, 0.29) is 6.04 Å². The topological polar surface area (TPSA) is 92.0 Å². The molecule has 0 aliphatic carbocycles. The lowest BCUT2D eigenvalue weighted by Crippen LogP contribution is -2.31. The minimum absolute atomic E-state index is 0.0806. The van der Waals surface area contributed by atoms with E-state index in [9.17, 15) is 0 Å². The zero-order valence-corrected chi connectivity index (χ0v) is 13.7. The van der Waals surface area contributed by atoms with Crippen molar-refractivity contribution in [2.75, 3.05) is 0 Å². The van der Waals surface area contributed by atoms with Crippen molar-refractivity contribution in [1.29, 1.82) is 5.41 Å². The van der Waals surface area contributed by atoms with Crippen molar-refractivity contribution in [3.8, 4) is 0 Å². The first-order valence-corrected chi connectivity index (χ1v) is 7.52. The Labute approximate surface area is 137 Å². The van der Waals surface area contributed by atoms with E-state index >= 15 is 0 Å². The van der Waals surface area contributed by atoms with Gasteiger partial charge in [-0.2, -0.15) is 0 Å². The van der Waals surface area contributed by atoms with Crippen LogP contribution in [0.1, 0.15) is 25.2 Å². The highest BCUT2D eigenvalue weighted by Gasteiger charge is 2.22. The van der Waals surface area contributed by atoms with Crippen molar-refractivity contribution in [3.05, 3.63) is 71.0 Å². The van der Waals surface area contributed by atoms with Gasteiger partial charge >= 0.3 is 0 Å². The number of hydrogen-bond donors (Lipinski definition) is 3. The molecule has 0 radical (unpaired) electrons. The Hall–Kier alpha value is -2.82. The summed E-state index contributed by atoms with van der Waals surface area (Å²) in [4.78, 5) is 6.71. The first-order valence-electron chi connectivity index (χ1n) is 7.52. The Bertz CT molecular complexity index is 725. The third-order valence-electron chi connectivity index (χ3n) is 3.79. The maximum absolute atomic E-state index is 7.50. The molecule has 1 aromatic heterocycles. The number of rotatable bonds is 4. The van der Waals surface area contributed by atoms with Gasteiger partial charge in [0, 0.05) is 41.2 Å². The van der Waals surface area contributed by atoms with Crippen molar-refractivity contribution in [3.63, 3.8) is 0 Å². The Morgan fingerprint density at radius 2 is 2.13 bits per heavy atom. The van der Waals surface area contributed by atoms with Crippen molar-refractivity contribution in [2.45, 2.75) is 26.8 Å². The molecule has 23 heavy (non-hydrogen) atoms. The summed E-state index contributed by atoms with van der Waals surface area (Å²) in [6, 6.07) is 6.03. The molecule has 0 amide bonds.